The highest BCUT2D eigenvalue weighted by atomic mass is 32.2. The van der Waals surface area contributed by atoms with Crippen molar-refractivity contribution in [2.45, 2.75) is 30.9 Å². The Bertz CT molecular complexity index is 569. The second-order valence-corrected chi connectivity index (χ2v) is 7.80. The van der Waals surface area contributed by atoms with Crippen molar-refractivity contribution in [1.82, 2.24) is 0 Å². The second-order valence-electron chi connectivity index (χ2n) is 4.50. The van der Waals surface area contributed by atoms with E-state index in [9.17, 15) is 8.42 Å². The maximum atomic E-state index is 12.0. The molecule has 0 spiro atoms. The number of aryl methyl sites for hydroxylation is 1. The van der Waals surface area contributed by atoms with Crippen LogP contribution in [0.3, 0.4) is 0 Å². The second kappa shape index (κ2) is 4.50. The number of sulfone groups is 1. The molecular formula is C13H16O2S2. The fourth-order valence-corrected chi connectivity index (χ4v) is 4.54. The van der Waals surface area contributed by atoms with Gasteiger partial charge in [-0.2, -0.15) is 11.8 Å². The van der Waals surface area contributed by atoms with E-state index in [-0.39, 0.29) is 0 Å². The minimum absolute atomic E-state index is 0.499. The van der Waals surface area contributed by atoms with Crippen LogP contribution in [0.5, 0.6) is 0 Å². The number of hydrogen-bond acceptors (Lipinski definition) is 3. The van der Waals surface area contributed by atoms with E-state index in [4.69, 9.17) is 0 Å². The van der Waals surface area contributed by atoms with E-state index in [2.05, 4.69) is 13.8 Å². The Morgan fingerprint density at radius 2 is 2.00 bits per heavy atom. The van der Waals surface area contributed by atoms with Crippen molar-refractivity contribution in [3.63, 3.8) is 0 Å². The zero-order valence-corrected chi connectivity index (χ0v) is 11.9. The number of benzene rings is 1. The van der Waals surface area contributed by atoms with Gasteiger partial charge in [-0.3, -0.25) is 0 Å². The van der Waals surface area contributed by atoms with Gasteiger partial charge in [0.15, 0.2) is 0 Å². The molecule has 0 bridgehead atoms. The molecule has 2 rings (SSSR count). The van der Waals surface area contributed by atoms with Crippen LogP contribution in [0.4, 0.5) is 0 Å². The summed E-state index contributed by atoms with van der Waals surface area (Å²) in [5, 5.41) is 1.94. The fraction of sp³-hybridized carbons (Fsp3) is 0.385. The van der Waals surface area contributed by atoms with Crippen molar-refractivity contribution in [1.29, 1.82) is 0 Å². The summed E-state index contributed by atoms with van der Waals surface area (Å²) in [6.07, 6.45) is 0. The smallest absolute Gasteiger partial charge is 0.201 e. The average Bonchev–Trinajstić information content (AvgIpc) is 2.49. The van der Waals surface area contributed by atoms with Crippen LogP contribution in [0.1, 0.15) is 25.0 Å². The average molecular weight is 268 g/mol. The Morgan fingerprint density at radius 3 is 2.65 bits per heavy atom. The summed E-state index contributed by atoms with van der Waals surface area (Å²) in [5.74, 6) is 0.757. The van der Waals surface area contributed by atoms with Gasteiger partial charge in [-0.1, -0.05) is 32.0 Å². The van der Waals surface area contributed by atoms with Crippen LogP contribution in [-0.2, 0) is 9.84 Å². The van der Waals surface area contributed by atoms with Crippen LogP contribution in [0, 0.1) is 6.92 Å². The van der Waals surface area contributed by atoms with Gasteiger partial charge < -0.3 is 0 Å². The Kier molecular flexibility index (Phi) is 3.36. The first-order chi connectivity index (χ1) is 7.92. The van der Waals surface area contributed by atoms with E-state index >= 15 is 0 Å². The molecule has 1 aromatic rings. The predicted molar refractivity (Wildman–Crippen MR) is 73.9 cm³/mol. The van der Waals surface area contributed by atoms with Crippen LogP contribution in [-0.4, -0.2) is 19.4 Å². The molecule has 1 aliphatic heterocycles. The molecule has 0 N–H and O–H groups in total. The van der Waals surface area contributed by atoms with Gasteiger partial charge in [-0.05, 0) is 28.9 Å². The topological polar surface area (TPSA) is 34.1 Å². The standard InChI is InChI=1S/C13H16O2S2/c1-9(2)16-7-11-8-17(14,15)13-10(3)5-4-6-12(11)13/h4-6,8-9H,7H2,1-3H3. The molecule has 0 unspecified atom stereocenters. The van der Waals surface area contributed by atoms with Crippen molar-refractivity contribution >= 4 is 27.2 Å². The summed E-state index contributed by atoms with van der Waals surface area (Å²) < 4.78 is 24.1. The molecule has 1 aromatic carbocycles. The first-order valence-corrected chi connectivity index (χ1v) is 8.18. The Labute approximate surface area is 107 Å². The molecule has 0 radical (unpaired) electrons. The fourth-order valence-electron chi connectivity index (χ4n) is 1.96. The Morgan fingerprint density at radius 1 is 1.29 bits per heavy atom. The molecule has 17 heavy (non-hydrogen) atoms. The van der Waals surface area contributed by atoms with Crippen molar-refractivity contribution in [3.8, 4) is 0 Å². The van der Waals surface area contributed by atoms with E-state index in [1.807, 2.05) is 25.1 Å². The zero-order chi connectivity index (χ0) is 12.6. The number of thioether (sulfide) groups is 1. The maximum Gasteiger partial charge on any atom is 0.201 e. The summed E-state index contributed by atoms with van der Waals surface area (Å²) in [6, 6.07) is 5.67. The molecule has 1 heterocycles. The summed E-state index contributed by atoms with van der Waals surface area (Å²) in [4.78, 5) is 0.499. The first kappa shape index (κ1) is 12.7. The van der Waals surface area contributed by atoms with Gasteiger partial charge in [0, 0.05) is 11.2 Å². The molecule has 0 saturated carbocycles. The third-order valence-corrected chi connectivity index (χ3v) is 5.56. The van der Waals surface area contributed by atoms with E-state index < -0.39 is 9.84 Å². The van der Waals surface area contributed by atoms with Gasteiger partial charge >= 0.3 is 0 Å². The lowest BCUT2D eigenvalue weighted by Crippen LogP contribution is -1.96. The van der Waals surface area contributed by atoms with Crippen LogP contribution < -0.4 is 0 Å². The number of fused-ring (bicyclic) bond motifs is 1. The molecule has 0 atom stereocenters. The normalized spacial score (nSPS) is 17.1. The predicted octanol–water partition coefficient (Wildman–Crippen LogP) is 3.26. The van der Waals surface area contributed by atoms with Crippen LogP contribution in [0.15, 0.2) is 28.5 Å². The van der Waals surface area contributed by atoms with Gasteiger partial charge in [0.25, 0.3) is 0 Å². The van der Waals surface area contributed by atoms with Gasteiger partial charge in [0.05, 0.1) is 4.90 Å². The number of hydrogen-bond donors (Lipinski definition) is 0. The SMILES string of the molecule is Cc1cccc2c1S(=O)(=O)C=C2CSC(C)C. The van der Waals surface area contributed by atoms with Crippen molar-refractivity contribution in [2.24, 2.45) is 0 Å². The van der Waals surface area contributed by atoms with Crippen molar-refractivity contribution in [2.75, 3.05) is 5.75 Å². The molecule has 2 nitrogen and oxygen atoms in total. The molecule has 0 amide bonds. The summed E-state index contributed by atoms with van der Waals surface area (Å²) >= 11 is 1.77. The third kappa shape index (κ3) is 2.43. The minimum atomic E-state index is -3.21. The highest BCUT2D eigenvalue weighted by Crippen LogP contribution is 2.37. The highest BCUT2D eigenvalue weighted by Gasteiger charge is 2.28. The van der Waals surface area contributed by atoms with Crippen molar-refractivity contribution in [3.05, 3.63) is 34.7 Å². The highest BCUT2D eigenvalue weighted by molar-refractivity contribution is 8.00. The van der Waals surface area contributed by atoms with E-state index in [0.717, 1.165) is 22.5 Å². The van der Waals surface area contributed by atoms with Crippen LogP contribution >= 0.6 is 11.8 Å². The molecule has 0 fully saturated rings. The molecule has 1 aliphatic rings. The van der Waals surface area contributed by atoms with Crippen LogP contribution in [0.2, 0.25) is 0 Å². The lowest BCUT2D eigenvalue weighted by molar-refractivity contribution is 0.605. The summed E-state index contributed by atoms with van der Waals surface area (Å²) in [7, 11) is -3.21. The van der Waals surface area contributed by atoms with Gasteiger partial charge in [-0.25, -0.2) is 8.42 Å². The number of rotatable bonds is 3. The van der Waals surface area contributed by atoms with Gasteiger partial charge in [-0.15, -0.1) is 0 Å². The largest absolute Gasteiger partial charge is 0.219 e. The lowest BCUT2D eigenvalue weighted by atomic mass is 10.1. The summed E-state index contributed by atoms with van der Waals surface area (Å²) in [6.45, 7) is 6.08. The minimum Gasteiger partial charge on any atom is -0.219 e. The Balaban J connectivity index is 2.44. The molecule has 0 aromatic heterocycles. The molecular weight excluding hydrogens is 252 g/mol. The molecule has 4 heteroatoms. The quantitative estimate of drug-likeness (QED) is 0.844. The maximum absolute atomic E-state index is 12.0. The van der Waals surface area contributed by atoms with Crippen LogP contribution in [0.25, 0.3) is 5.57 Å². The Hall–Kier alpha value is -0.740. The third-order valence-electron chi connectivity index (χ3n) is 2.71. The van der Waals surface area contributed by atoms with E-state index in [1.54, 1.807) is 11.8 Å². The molecule has 0 saturated heterocycles. The van der Waals surface area contributed by atoms with Gasteiger partial charge in [0.2, 0.25) is 9.84 Å². The van der Waals surface area contributed by atoms with E-state index in [0.29, 0.717) is 10.1 Å². The van der Waals surface area contributed by atoms with E-state index in [1.165, 1.54) is 5.41 Å². The zero-order valence-electron chi connectivity index (χ0n) is 10.2. The van der Waals surface area contributed by atoms with Gasteiger partial charge in [0.1, 0.15) is 0 Å². The molecule has 0 aliphatic carbocycles. The monoisotopic (exact) mass is 268 g/mol. The summed E-state index contributed by atoms with van der Waals surface area (Å²) in [5.41, 5.74) is 2.66. The molecule has 92 valence electrons. The lowest BCUT2D eigenvalue weighted by Gasteiger charge is -2.07. The first-order valence-electron chi connectivity index (χ1n) is 5.59. The van der Waals surface area contributed by atoms with Crippen molar-refractivity contribution < 1.29 is 8.42 Å².